The van der Waals surface area contributed by atoms with Crippen molar-refractivity contribution in [1.29, 1.82) is 0 Å². The Balaban J connectivity index is 2.17. The third-order valence-corrected chi connectivity index (χ3v) is 2.56. The minimum absolute atomic E-state index is 0.0278. The molecule has 1 aliphatic heterocycles. The Morgan fingerprint density at radius 1 is 1.19 bits per heavy atom. The summed E-state index contributed by atoms with van der Waals surface area (Å²) in [5, 5.41) is 5.75. The van der Waals surface area contributed by atoms with E-state index < -0.39 is 12.5 Å². The molecule has 1 aromatic carbocycles. The molecule has 86 valence electrons. The number of benzene rings is 1. The van der Waals surface area contributed by atoms with Gasteiger partial charge in [0.25, 0.3) is 6.43 Å². The number of amides is 1. The number of piperazine rings is 1. The normalized spacial score (nSPS) is 20.9. The maximum atomic E-state index is 12.3. The van der Waals surface area contributed by atoms with Gasteiger partial charge in [-0.15, -0.1) is 0 Å². The summed E-state index contributed by atoms with van der Waals surface area (Å²) in [4.78, 5) is 11.5. The summed E-state index contributed by atoms with van der Waals surface area (Å²) in [6, 6.07) is 5.39. The van der Waals surface area contributed by atoms with Gasteiger partial charge in [0, 0.05) is 18.7 Å². The first kappa shape index (κ1) is 11.0. The molecule has 1 aromatic rings. The van der Waals surface area contributed by atoms with E-state index in [1.165, 1.54) is 12.1 Å². The molecule has 5 heteroatoms. The van der Waals surface area contributed by atoms with Crippen molar-refractivity contribution in [3.63, 3.8) is 0 Å². The van der Waals surface area contributed by atoms with Gasteiger partial charge in [-0.05, 0) is 5.56 Å². The van der Waals surface area contributed by atoms with Gasteiger partial charge < -0.3 is 10.6 Å². The van der Waals surface area contributed by atoms with Gasteiger partial charge >= 0.3 is 0 Å². The zero-order chi connectivity index (χ0) is 11.5. The molecule has 1 amide bonds. The number of hydrogen-bond donors (Lipinski definition) is 2. The fourth-order valence-electron chi connectivity index (χ4n) is 1.70. The van der Waals surface area contributed by atoms with Crippen molar-refractivity contribution < 1.29 is 13.6 Å². The fourth-order valence-corrected chi connectivity index (χ4v) is 1.70. The van der Waals surface area contributed by atoms with Crippen LogP contribution in [-0.2, 0) is 4.79 Å². The van der Waals surface area contributed by atoms with E-state index in [1.807, 2.05) is 0 Å². The summed E-state index contributed by atoms with van der Waals surface area (Å²) in [5.41, 5.74) is 0.682. The minimum Gasteiger partial charge on any atom is -0.353 e. The molecule has 2 N–H and O–H groups in total. The lowest BCUT2D eigenvalue weighted by atomic mass is 10.0. The SMILES string of the molecule is O=C1NCCNC1c1ccc(C(F)F)cc1. The molecule has 0 radical (unpaired) electrons. The van der Waals surface area contributed by atoms with Gasteiger partial charge in [0.2, 0.25) is 5.91 Å². The van der Waals surface area contributed by atoms with Crippen molar-refractivity contribution in [2.75, 3.05) is 13.1 Å². The van der Waals surface area contributed by atoms with Crippen LogP contribution in [0.5, 0.6) is 0 Å². The predicted octanol–water partition coefficient (Wildman–Crippen LogP) is 1.38. The first-order valence-electron chi connectivity index (χ1n) is 5.07. The van der Waals surface area contributed by atoms with E-state index >= 15 is 0 Å². The van der Waals surface area contributed by atoms with Crippen molar-refractivity contribution in [3.05, 3.63) is 35.4 Å². The summed E-state index contributed by atoms with van der Waals surface area (Å²) in [6.07, 6.45) is -2.47. The van der Waals surface area contributed by atoms with E-state index in [0.29, 0.717) is 18.7 Å². The topological polar surface area (TPSA) is 41.1 Å². The first-order chi connectivity index (χ1) is 7.68. The van der Waals surface area contributed by atoms with Gasteiger partial charge in [-0.1, -0.05) is 24.3 Å². The average molecular weight is 226 g/mol. The summed E-state index contributed by atoms with van der Waals surface area (Å²) in [7, 11) is 0. The van der Waals surface area contributed by atoms with Crippen LogP contribution in [0, 0.1) is 0 Å². The van der Waals surface area contributed by atoms with Crippen LogP contribution in [0.2, 0.25) is 0 Å². The van der Waals surface area contributed by atoms with Crippen LogP contribution in [-0.4, -0.2) is 19.0 Å². The summed E-state index contributed by atoms with van der Waals surface area (Å²) < 4.78 is 24.6. The van der Waals surface area contributed by atoms with Crippen LogP contribution in [0.1, 0.15) is 23.6 Å². The summed E-state index contributed by atoms with van der Waals surface area (Å²) >= 11 is 0. The lowest BCUT2D eigenvalue weighted by Gasteiger charge is -2.23. The Kier molecular flexibility index (Phi) is 3.14. The van der Waals surface area contributed by atoms with Gasteiger partial charge in [-0.2, -0.15) is 0 Å². The number of hydrogen-bond acceptors (Lipinski definition) is 2. The number of rotatable bonds is 2. The van der Waals surface area contributed by atoms with E-state index in [-0.39, 0.29) is 11.5 Å². The quantitative estimate of drug-likeness (QED) is 0.800. The third-order valence-electron chi connectivity index (χ3n) is 2.56. The Bertz CT molecular complexity index is 378. The number of carbonyl (C=O) groups is 1. The largest absolute Gasteiger partial charge is 0.353 e. The molecule has 0 bridgehead atoms. The molecule has 0 aliphatic carbocycles. The highest BCUT2D eigenvalue weighted by molar-refractivity contribution is 5.83. The maximum Gasteiger partial charge on any atom is 0.263 e. The predicted molar refractivity (Wildman–Crippen MR) is 55.2 cm³/mol. The van der Waals surface area contributed by atoms with Crippen molar-refractivity contribution >= 4 is 5.91 Å². The fraction of sp³-hybridized carbons (Fsp3) is 0.364. The van der Waals surface area contributed by atoms with Crippen LogP contribution in [0.3, 0.4) is 0 Å². The standard InChI is InChI=1S/C11H12F2N2O/c12-10(13)8-3-1-7(2-4-8)9-11(16)15-6-5-14-9/h1-4,9-10,14H,5-6H2,(H,15,16). The molecule has 1 aliphatic rings. The van der Waals surface area contributed by atoms with Crippen LogP contribution >= 0.6 is 0 Å². The van der Waals surface area contributed by atoms with Crippen LogP contribution < -0.4 is 10.6 Å². The minimum atomic E-state index is -2.47. The molecular formula is C11H12F2N2O. The second-order valence-corrected chi connectivity index (χ2v) is 3.65. The molecule has 1 fully saturated rings. The van der Waals surface area contributed by atoms with E-state index in [4.69, 9.17) is 0 Å². The van der Waals surface area contributed by atoms with Crippen LogP contribution in [0.4, 0.5) is 8.78 Å². The van der Waals surface area contributed by atoms with E-state index in [1.54, 1.807) is 12.1 Å². The van der Waals surface area contributed by atoms with Crippen molar-refractivity contribution in [2.45, 2.75) is 12.5 Å². The zero-order valence-corrected chi connectivity index (χ0v) is 8.54. The Morgan fingerprint density at radius 3 is 2.44 bits per heavy atom. The molecule has 1 unspecified atom stereocenters. The van der Waals surface area contributed by atoms with Gasteiger partial charge in [-0.25, -0.2) is 8.78 Å². The van der Waals surface area contributed by atoms with Crippen molar-refractivity contribution in [1.82, 2.24) is 10.6 Å². The zero-order valence-electron chi connectivity index (χ0n) is 8.54. The summed E-state index contributed by atoms with van der Waals surface area (Å²) in [6.45, 7) is 1.29. The highest BCUT2D eigenvalue weighted by Gasteiger charge is 2.23. The smallest absolute Gasteiger partial charge is 0.263 e. The molecule has 0 saturated carbocycles. The number of alkyl halides is 2. The lowest BCUT2D eigenvalue weighted by Crippen LogP contribution is -2.47. The van der Waals surface area contributed by atoms with Gasteiger partial charge in [0.05, 0.1) is 0 Å². The number of nitrogens with one attached hydrogen (secondary N) is 2. The van der Waals surface area contributed by atoms with Crippen LogP contribution in [0.15, 0.2) is 24.3 Å². The average Bonchev–Trinajstić information content (AvgIpc) is 2.30. The highest BCUT2D eigenvalue weighted by atomic mass is 19.3. The van der Waals surface area contributed by atoms with Crippen molar-refractivity contribution in [3.8, 4) is 0 Å². The molecule has 2 rings (SSSR count). The molecule has 0 aromatic heterocycles. The van der Waals surface area contributed by atoms with Gasteiger partial charge in [0.1, 0.15) is 6.04 Å². The molecule has 1 atom stereocenters. The second kappa shape index (κ2) is 4.57. The Hall–Kier alpha value is -1.49. The monoisotopic (exact) mass is 226 g/mol. The van der Waals surface area contributed by atoms with Gasteiger partial charge in [0.15, 0.2) is 0 Å². The Labute approximate surface area is 91.8 Å². The van der Waals surface area contributed by atoms with E-state index in [9.17, 15) is 13.6 Å². The third kappa shape index (κ3) is 2.19. The van der Waals surface area contributed by atoms with Crippen molar-refractivity contribution in [2.24, 2.45) is 0 Å². The van der Waals surface area contributed by atoms with E-state index in [2.05, 4.69) is 10.6 Å². The summed E-state index contributed by atoms with van der Waals surface area (Å²) in [5.74, 6) is -0.115. The van der Waals surface area contributed by atoms with Crippen LogP contribution in [0.25, 0.3) is 0 Å². The molecule has 0 spiro atoms. The molecule has 1 saturated heterocycles. The number of halogens is 2. The highest BCUT2D eigenvalue weighted by Crippen LogP contribution is 2.21. The lowest BCUT2D eigenvalue weighted by molar-refractivity contribution is -0.124. The maximum absolute atomic E-state index is 12.3. The van der Waals surface area contributed by atoms with E-state index in [0.717, 1.165) is 0 Å². The molecule has 3 nitrogen and oxygen atoms in total. The number of carbonyl (C=O) groups excluding carboxylic acids is 1. The second-order valence-electron chi connectivity index (χ2n) is 3.65. The molecule has 16 heavy (non-hydrogen) atoms. The first-order valence-corrected chi connectivity index (χ1v) is 5.07. The van der Waals surface area contributed by atoms with Gasteiger partial charge in [-0.3, -0.25) is 4.79 Å². The molecule has 1 heterocycles. The Morgan fingerprint density at radius 2 is 1.88 bits per heavy atom. The molecular weight excluding hydrogens is 214 g/mol.